The Balaban J connectivity index is 1.91. The van der Waals surface area contributed by atoms with Gasteiger partial charge in [0.15, 0.2) is 11.2 Å². The lowest BCUT2D eigenvalue weighted by atomic mass is 10.2. The van der Waals surface area contributed by atoms with Crippen molar-refractivity contribution >= 4 is 58.0 Å². The van der Waals surface area contributed by atoms with Gasteiger partial charge in [-0.05, 0) is 61.6 Å². The van der Waals surface area contributed by atoms with Crippen LogP contribution in [0.5, 0.6) is 5.75 Å². The molecule has 0 aromatic heterocycles. The van der Waals surface area contributed by atoms with E-state index < -0.39 is 17.9 Å². The molecule has 2 amide bonds. The van der Waals surface area contributed by atoms with Gasteiger partial charge in [0.1, 0.15) is 5.75 Å². The summed E-state index contributed by atoms with van der Waals surface area (Å²) in [7, 11) is 0. The van der Waals surface area contributed by atoms with Gasteiger partial charge in [-0.15, -0.1) is 0 Å². The van der Waals surface area contributed by atoms with Crippen LogP contribution >= 0.6 is 35.4 Å². The van der Waals surface area contributed by atoms with Crippen LogP contribution in [0.15, 0.2) is 42.5 Å². The van der Waals surface area contributed by atoms with E-state index in [0.29, 0.717) is 27.0 Å². The maximum absolute atomic E-state index is 12.2. The molecule has 0 spiro atoms. The van der Waals surface area contributed by atoms with Crippen molar-refractivity contribution in [3.05, 3.63) is 58.1 Å². The largest absolute Gasteiger partial charge is 0.479 e. The minimum absolute atomic E-state index is 0.0829. The van der Waals surface area contributed by atoms with Gasteiger partial charge in [-0.1, -0.05) is 23.2 Å². The highest BCUT2D eigenvalue weighted by Crippen LogP contribution is 2.28. The van der Waals surface area contributed by atoms with E-state index >= 15 is 0 Å². The number of nitrogens with one attached hydrogen (secondary N) is 2. The number of thiocarbonyl (C=S) groups is 1. The standard InChI is InChI=1S/C17H15Cl2N3O3S/c1-9(25-14-7-4-11(18)8-13(14)19)16(24)22-17(26)21-12-5-2-10(3-6-12)15(20)23/h2-9H,1H3,(H2,20,23)(H2,21,22,24,26)/t9-/m0/s1. The van der Waals surface area contributed by atoms with Gasteiger partial charge >= 0.3 is 0 Å². The molecule has 0 radical (unpaired) electrons. The second-order valence-corrected chi connectivity index (χ2v) is 6.47. The molecule has 2 aromatic rings. The second kappa shape index (κ2) is 8.84. The molecular weight excluding hydrogens is 397 g/mol. The van der Waals surface area contributed by atoms with Crippen LogP contribution in [0.4, 0.5) is 5.69 Å². The van der Waals surface area contributed by atoms with Crippen LogP contribution in [-0.4, -0.2) is 23.0 Å². The molecular formula is C17H15Cl2N3O3S. The summed E-state index contributed by atoms with van der Waals surface area (Å²) in [4.78, 5) is 23.2. The Bertz CT molecular complexity index is 844. The Kier molecular flexibility index (Phi) is 6.79. The second-order valence-electron chi connectivity index (χ2n) is 5.22. The number of rotatable bonds is 5. The van der Waals surface area contributed by atoms with Crippen molar-refractivity contribution < 1.29 is 14.3 Å². The number of carbonyl (C=O) groups excluding carboxylic acids is 2. The third-order valence-electron chi connectivity index (χ3n) is 3.23. The lowest BCUT2D eigenvalue weighted by Gasteiger charge is -2.16. The molecule has 0 saturated heterocycles. The minimum Gasteiger partial charge on any atom is -0.479 e. The quantitative estimate of drug-likeness (QED) is 0.655. The van der Waals surface area contributed by atoms with Gasteiger partial charge in [-0.2, -0.15) is 0 Å². The third kappa shape index (κ3) is 5.59. The van der Waals surface area contributed by atoms with Crippen molar-refractivity contribution in [3.63, 3.8) is 0 Å². The van der Waals surface area contributed by atoms with E-state index in [4.69, 9.17) is 45.9 Å². The third-order valence-corrected chi connectivity index (χ3v) is 3.97. The van der Waals surface area contributed by atoms with E-state index in [9.17, 15) is 9.59 Å². The fourth-order valence-electron chi connectivity index (χ4n) is 1.91. The van der Waals surface area contributed by atoms with Crippen LogP contribution in [0.1, 0.15) is 17.3 Å². The van der Waals surface area contributed by atoms with Gasteiger partial charge in [0.05, 0.1) is 5.02 Å². The number of amides is 2. The zero-order valence-electron chi connectivity index (χ0n) is 13.6. The molecule has 6 nitrogen and oxygen atoms in total. The molecule has 9 heteroatoms. The van der Waals surface area contributed by atoms with Crippen LogP contribution in [0.25, 0.3) is 0 Å². The number of hydrogen-bond donors (Lipinski definition) is 3. The first-order chi connectivity index (χ1) is 12.3. The van der Waals surface area contributed by atoms with Crippen LogP contribution in [0.3, 0.4) is 0 Å². The Morgan fingerprint density at radius 2 is 1.81 bits per heavy atom. The number of carbonyl (C=O) groups is 2. The fraction of sp³-hybridized carbons (Fsp3) is 0.118. The first-order valence-electron chi connectivity index (χ1n) is 7.39. The molecule has 0 saturated carbocycles. The summed E-state index contributed by atoms with van der Waals surface area (Å²) in [6, 6.07) is 11.0. The molecule has 2 aromatic carbocycles. The summed E-state index contributed by atoms with van der Waals surface area (Å²) >= 11 is 16.9. The number of anilines is 1. The Labute approximate surface area is 165 Å². The number of halogens is 2. The average Bonchev–Trinajstić information content (AvgIpc) is 2.57. The first-order valence-corrected chi connectivity index (χ1v) is 8.56. The maximum Gasteiger partial charge on any atom is 0.266 e. The molecule has 0 fully saturated rings. The van der Waals surface area contributed by atoms with E-state index in [2.05, 4.69) is 10.6 Å². The number of benzene rings is 2. The van der Waals surface area contributed by atoms with Crippen LogP contribution in [-0.2, 0) is 4.79 Å². The lowest BCUT2D eigenvalue weighted by molar-refractivity contribution is -0.125. The smallest absolute Gasteiger partial charge is 0.266 e. The minimum atomic E-state index is -0.842. The number of nitrogens with two attached hydrogens (primary N) is 1. The topological polar surface area (TPSA) is 93.4 Å². The fourth-order valence-corrected chi connectivity index (χ4v) is 2.58. The SMILES string of the molecule is C[C@H](Oc1ccc(Cl)cc1Cl)C(=O)NC(=S)Nc1ccc(C(N)=O)cc1. The molecule has 136 valence electrons. The summed E-state index contributed by atoms with van der Waals surface area (Å²) in [6.45, 7) is 1.56. The maximum atomic E-state index is 12.2. The predicted octanol–water partition coefficient (Wildman–Crippen LogP) is 3.37. The summed E-state index contributed by atoms with van der Waals surface area (Å²) in [5.74, 6) is -0.652. The Morgan fingerprint density at radius 3 is 2.38 bits per heavy atom. The summed E-state index contributed by atoms with van der Waals surface area (Å²) in [6.07, 6.45) is -0.842. The molecule has 1 atom stereocenters. The van der Waals surface area contributed by atoms with Crippen molar-refractivity contribution in [1.82, 2.24) is 5.32 Å². The molecule has 0 unspecified atom stereocenters. The zero-order chi connectivity index (χ0) is 19.3. The summed E-state index contributed by atoms with van der Waals surface area (Å²) in [5.41, 5.74) is 6.13. The molecule has 2 rings (SSSR count). The van der Waals surface area contributed by atoms with Gasteiger partial charge in [-0.25, -0.2) is 0 Å². The van der Waals surface area contributed by atoms with E-state index in [1.165, 1.54) is 6.07 Å². The predicted molar refractivity (Wildman–Crippen MR) is 106 cm³/mol. The Morgan fingerprint density at radius 1 is 1.15 bits per heavy atom. The molecule has 0 heterocycles. The molecule has 0 aliphatic carbocycles. The van der Waals surface area contributed by atoms with E-state index in [-0.39, 0.29) is 5.11 Å². The molecule has 0 bridgehead atoms. The number of ether oxygens (including phenoxy) is 1. The van der Waals surface area contributed by atoms with Crippen LogP contribution < -0.4 is 21.1 Å². The molecule has 0 aliphatic rings. The van der Waals surface area contributed by atoms with Gasteiger partial charge in [0.2, 0.25) is 5.91 Å². The number of primary amides is 1. The monoisotopic (exact) mass is 411 g/mol. The van der Waals surface area contributed by atoms with E-state index in [0.717, 1.165) is 0 Å². The normalized spacial score (nSPS) is 11.3. The van der Waals surface area contributed by atoms with Crippen LogP contribution in [0.2, 0.25) is 10.0 Å². The van der Waals surface area contributed by atoms with Gasteiger partial charge in [0, 0.05) is 16.3 Å². The molecule has 26 heavy (non-hydrogen) atoms. The average molecular weight is 412 g/mol. The van der Waals surface area contributed by atoms with Crippen molar-refractivity contribution in [2.24, 2.45) is 5.73 Å². The van der Waals surface area contributed by atoms with Crippen molar-refractivity contribution in [1.29, 1.82) is 0 Å². The van der Waals surface area contributed by atoms with Crippen LogP contribution in [0, 0.1) is 0 Å². The highest BCUT2D eigenvalue weighted by molar-refractivity contribution is 7.80. The lowest BCUT2D eigenvalue weighted by Crippen LogP contribution is -2.42. The summed E-state index contributed by atoms with van der Waals surface area (Å²) < 4.78 is 5.51. The van der Waals surface area contributed by atoms with E-state index in [1.54, 1.807) is 43.3 Å². The van der Waals surface area contributed by atoms with Gasteiger partial charge < -0.3 is 15.8 Å². The van der Waals surface area contributed by atoms with Crippen molar-refractivity contribution in [3.8, 4) is 5.75 Å². The molecule has 0 aliphatic heterocycles. The number of hydrogen-bond acceptors (Lipinski definition) is 4. The molecule has 4 N–H and O–H groups in total. The van der Waals surface area contributed by atoms with Gasteiger partial charge in [0.25, 0.3) is 5.91 Å². The van der Waals surface area contributed by atoms with Gasteiger partial charge in [-0.3, -0.25) is 14.9 Å². The van der Waals surface area contributed by atoms with Crippen molar-refractivity contribution in [2.45, 2.75) is 13.0 Å². The van der Waals surface area contributed by atoms with Crippen molar-refractivity contribution in [2.75, 3.05) is 5.32 Å². The Hall–Kier alpha value is -2.35. The van der Waals surface area contributed by atoms with E-state index in [1.807, 2.05) is 0 Å². The first kappa shape index (κ1) is 20.0. The summed E-state index contributed by atoms with van der Waals surface area (Å²) in [5, 5.41) is 6.18. The highest BCUT2D eigenvalue weighted by atomic mass is 35.5. The zero-order valence-corrected chi connectivity index (χ0v) is 15.9. The highest BCUT2D eigenvalue weighted by Gasteiger charge is 2.17.